The lowest BCUT2D eigenvalue weighted by Gasteiger charge is -2.22. The summed E-state index contributed by atoms with van der Waals surface area (Å²) in [6.45, 7) is 0.293. The van der Waals surface area contributed by atoms with Crippen molar-refractivity contribution in [2.75, 3.05) is 0 Å². The van der Waals surface area contributed by atoms with Crippen molar-refractivity contribution in [3.8, 4) is 0 Å². The SMILES string of the molecule is O=C(c1ccccc1[N+](=O)[O-])N(Cc1ccc(F)cc1)Cc1ccco1. The molecule has 132 valence electrons. The van der Waals surface area contributed by atoms with Crippen LogP contribution in [-0.4, -0.2) is 15.7 Å². The summed E-state index contributed by atoms with van der Waals surface area (Å²) in [4.78, 5) is 25.0. The molecule has 0 aliphatic rings. The van der Waals surface area contributed by atoms with Crippen molar-refractivity contribution >= 4 is 11.6 Å². The Bertz CT molecular complexity index is 908. The van der Waals surface area contributed by atoms with Gasteiger partial charge < -0.3 is 9.32 Å². The van der Waals surface area contributed by atoms with Gasteiger partial charge in [-0.3, -0.25) is 14.9 Å². The van der Waals surface area contributed by atoms with Gasteiger partial charge in [-0.25, -0.2) is 4.39 Å². The summed E-state index contributed by atoms with van der Waals surface area (Å²) in [5.41, 5.74) is 0.428. The van der Waals surface area contributed by atoms with E-state index in [1.54, 1.807) is 30.3 Å². The smallest absolute Gasteiger partial charge is 0.282 e. The first-order valence-electron chi connectivity index (χ1n) is 7.84. The molecule has 0 spiro atoms. The molecular formula is C19H15FN2O4. The summed E-state index contributed by atoms with van der Waals surface area (Å²) in [5.74, 6) is -0.339. The molecule has 0 aliphatic heterocycles. The molecule has 0 N–H and O–H groups in total. The molecule has 0 saturated carbocycles. The summed E-state index contributed by atoms with van der Waals surface area (Å²) in [6, 6.07) is 14.9. The minimum absolute atomic E-state index is 0.00818. The Balaban J connectivity index is 1.93. The lowest BCUT2D eigenvalue weighted by molar-refractivity contribution is -0.385. The van der Waals surface area contributed by atoms with Crippen LogP contribution < -0.4 is 0 Å². The Labute approximate surface area is 148 Å². The number of carbonyl (C=O) groups is 1. The van der Waals surface area contributed by atoms with E-state index in [0.29, 0.717) is 11.3 Å². The summed E-state index contributed by atoms with van der Waals surface area (Å²) in [6.07, 6.45) is 1.49. The van der Waals surface area contributed by atoms with Crippen LogP contribution in [0, 0.1) is 15.9 Å². The highest BCUT2D eigenvalue weighted by molar-refractivity contribution is 5.98. The first-order chi connectivity index (χ1) is 12.5. The lowest BCUT2D eigenvalue weighted by atomic mass is 10.1. The molecule has 1 aromatic heterocycles. The van der Waals surface area contributed by atoms with Crippen LogP contribution in [0.2, 0.25) is 0 Å². The highest BCUT2D eigenvalue weighted by Crippen LogP contribution is 2.22. The van der Waals surface area contributed by atoms with Crippen LogP contribution >= 0.6 is 0 Å². The largest absolute Gasteiger partial charge is 0.467 e. The molecule has 0 radical (unpaired) electrons. The van der Waals surface area contributed by atoms with Gasteiger partial charge in [0, 0.05) is 12.6 Å². The van der Waals surface area contributed by atoms with Gasteiger partial charge in [0.05, 0.1) is 17.7 Å². The maximum absolute atomic E-state index is 13.1. The van der Waals surface area contributed by atoms with Crippen LogP contribution in [0.5, 0.6) is 0 Å². The van der Waals surface area contributed by atoms with Gasteiger partial charge in [0.25, 0.3) is 11.6 Å². The van der Waals surface area contributed by atoms with E-state index in [2.05, 4.69) is 0 Å². The standard InChI is InChI=1S/C19H15FN2O4/c20-15-9-7-14(8-10-15)12-21(13-16-4-3-11-26-16)19(23)17-5-1-2-6-18(17)22(24)25/h1-11H,12-13H2. The molecule has 1 heterocycles. The lowest BCUT2D eigenvalue weighted by Crippen LogP contribution is -2.30. The zero-order valence-corrected chi connectivity index (χ0v) is 13.7. The van der Waals surface area contributed by atoms with Crippen LogP contribution in [0.15, 0.2) is 71.3 Å². The predicted octanol–water partition coefficient (Wildman–Crippen LogP) is 4.17. The first-order valence-corrected chi connectivity index (χ1v) is 7.84. The molecule has 1 amide bonds. The zero-order chi connectivity index (χ0) is 18.5. The Morgan fingerprint density at radius 1 is 1.04 bits per heavy atom. The first kappa shape index (κ1) is 17.3. The number of nitrogens with zero attached hydrogens (tertiary/aromatic N) is 2. The minimum Gasteiger partial charge on any atom is -0.467 e. The van der Waals surface area contributed by atoms with E-state index >= 15 is 0 Å². The van der Waals surface area contributed by atoms with Gasteiger partial charge in [-0.05, 0) is 35.9 Å². The van der Waals surface area contributed by atoms with E-state index in [9.17, 15) is 19.3 Å². The van der Waals surface area contributed by atoms with Crippen molar-refractivity contribution in [1.82, 2.24) is 4.90 Å². The number of carbonyl (C=O) groups excluding carboxylic acids is 1. The number of nitro benzene ring substituents is 1. The van der Waals surface area contributed by atoms with Gasteiger partial charge in [-0.1, -0.05) is 24.3 Å². The summed E-state index contributed by atoms with van der Waals surface area (Å²) >= 11 is 0. The Morgan fingerprint density at radius 2 is 1.77 bits per heavy atom. The number of rotatable bonds is 6. The monoisotopic (exact) mass is 354 g/mol. The van der Waals surface area contributed by atoms with Crippen molar-refractivity contribution in [2.45, 2.75) is 13.1 Å². The van der Waals surface area contributed by atoms with Gasteiger partial charge >= 0.3 is 0 Å². The summed E-state index contributed by atoms with van der Waals surface area (Å²) in [7, 11) is 0. The average Bonchev–Trinajstić information content (AvgIpc) is 3.15. The molecule has 0 saturated heterocycles. The van der Waals surface area contributed by atoms with Crippen LogP contribution in [0.3, 0.4) is 0 Å². The van der Waals surface area contributed by atoms with Gasteiger partial charge in [0.15, 0.2) is 0 Å². The molecule has 0 bridgehead atoms. The molecule has 6 nitrogen and oxygen atoms in total. The molecule has 0 fully saturated rings. The van der Waals surface area contributed by atoms with Crippen LogP contribution in [0.25, 0.3) is 0 Å². The van der Waals surface area contributed by atoms with Crippen molar-refractivity contribution < 1.29 is 18.5 Å². The van der Waals surface area contributed by atoms with Gasteiger partial charge in [0.1, 0.15) is 17.1 Å². The van der Waals surface area contributed by atoms with Crippen molar-refractivity contribution in [2.24, 2.45) is 0 Å². The third-order valence-corrected chi connectivity index (χ3v) is 3.83. The Kier molecular flexibility index (Phi) is 5.07. The van der Waals surface area contributed by atoms with E-state index in [0.717, 1.165) is 0 Å². The number of amides is 1. The van der Waals surface area contributed by atoms with Crippen molar-refractivity contribution in [3.63, 3.8) is 0 Å². The van der Waals surface area contributed by atoms with Crippen LogP contribution in [0.1, 0.15) is 21.7 Å². The highest BCUT2D eigenvalue weighted by Gasteiger charge is 2.25. The number of para-hydroxylation sites is 1. The van der Waals surface area contributed by atoms with E-state index < -0.39 is 10.8 Å². The number of hydrogen-bond donors (Lipinski definition) is 0. The Morgan fingerprint density at radius 3 is 2.42 bits per heavy atom. The number of nitro groups is 1. The molecular weight excluding hydrogens is 339 g/mol. The average molecular weight is 354 g/mol. The second-order valence-corrected chi connectivity index (χ2v) is 5.64. The van der Waals surface area contributed by atoms with Crippen molar-refractivity contribution in [1.29, 1.82) is 0 Å². The molecule has 0 unspecified atom stereocenters. The third-order valence-electron chi connectivity index (χ3n) is 3.83. The van der Waals surface area contributed by atoms with Gasteiger partial charge in [-0.2, -0.15) is 0 Å². The molecule has 3 aromatic rings. The fourth-order valence-electron chi connectivity index (χ4n) is 2.58. The fraction of sp³-hybridized carbons (Fsp3) is 0.105. The number of halogens is 1. The Hall–Kier alpha value is -3.48. The normalized spacial score (nSPS) is 10.5. The second kappa shape index (κ2) is 7.60. The van der Waals surface area contributed by atoms with Crippen molar-refractivity contribution in [3.05, 3.63) is 99.7 Å². The maximum Gasteiger partial charge on any atom is 0.282 e. The zero-order valence-electron chi connectivity index (χ0n) is 13.7. The number of benzene rings is 2. The highest BCUT2D eigenvalue weighted by atomic mass is 19.1. The summed E-state index contributed by atoms with van der Waals surface area (Å²) < 4.78 is 18.4. The van der Waals surface area contributed by atoms with Crippen LogP contribution in [-0.2, 0) is 13.1 Å². The van der Waals surface area contributed by atoms with Gasteiger partial charge in [0.2, 0.25) is 0 Å². The number of hydrogen-bond acceptors (Lipinski definition) is 4. The molecule has 7 heteroatoms. The maximum atomic E-state index is 13.1. The van der Waals surface area contributed by atoms with E-state index in [4.69, 9.17) is 4.42 Å². The molecule has 26 heavy (non-hydrogen) atoms. The predicted molar refractivity (Wildman–Crippen MR) is 91.8 cm³/mol. The van der Waals surface area contributed by atoms with Gasteiger partial charge in [-0.15, -0.1) is 0 Å². The molecule has 2 aromatic carbocycles. The molecule has 0 aliphatic carbocycles. The van der Waals surface area contributed by atoms with Crippen LogP contribution in [0.4, 0.5) is 10.1 Å². The van der Waals surface area contributed by atoms with E-state index in [1.807, 2.05) is 0 Å². The molecule has 0 atom stereocenters. The third kappa shape index (κ3) is 3.94. The minimum atomic E-state index is -0.587. The number of furan rings is 1. The van der Waals surface area contributed by atoms with E-state index in [-0.39, 0.29) is 30.2 Å². The topological polar surface area (TPSA) is 76.6 Å². The molecule has 3 rings (SSSR count). The van der Waals surface area contributed by atoms with E-state index in [1.165, 1.54) is 41.5 Å². The fourth-order valence-corrected chi connectivity index (χ4v) is 2.58. The summed E-state index contributed by atoms with van der Waals surface area (Å²) in [5, 5.41) is 11.2. The second-order valence-electron chi connectivity index (χ2n) is 5.64. The quantitative estimate of drug-likeness (QED) is 0.492.